The van der Waals surface area contributed by atoms with Crippen molar-refractivity contribution in [1.82, 2.24) is 25.2 Å². The van der Waals surface area contributed by atoms with Crippen LogP contribution in [0.25, 0.3) is 11.4 Å². The number of thioether (sulfide) groups is 1. The number of hydrogen-bond acceptors (Lipinski definition) is 6. The molecule has 0 spiro atoms. The first-order chi connectivity index (χ1) is 13.7. The highest BCUT2D eigenvalue weighted by Gasteiger charge is 2.36. The second-order valence-electron chi connectivity index (χ2n) is 8.02. The molecule has 9 heteroatoms. The molecule has 3 heterocycles. The van der Waals surface area contributed by atoms with Gasteiger partial charge in [-0.05, 0) is 39.8 Å². The Morgan fingerprint density at radius 2 is 2.14 bits per heavy atom. The van der Waals surface area contributed by atoms with Crippen molar-refractivity contribution in [3.8, 4) is 11.4 Å². The van der Waals surface area contributed by atoms with Crippen LogP contribution in [0.1, 0.15) is 32.0 Å². The molecule has 154 valence electrons. The van der Waals surface area contributed by atoms with Crippen molar-refractivity contribution in [2.75, 3.05) is 11.6 Å². The van der Waals surface area contributed by atoms with Crippen LogP contribution in [-0.2, 0) is 16.0 Å². The molecule has 0 aromatic carbocycles. The summed E-state index contributed by atoms with van der Waals surface area (Å²) in [5, 5.41) is 2.93. The van der Waals surface area contributed by atoms with Gasteiger partial charge in [0.1, 0.15) is 11.9 Å². The van der Waals surface area contributed by atoms with Crippen molar-refractivity contribution < 1.29 is 9.59 Å². The van der Waals surface area contributed by atoms with Crippen LogP contribution in [0, 0.1) is 6.92 Å². The summed E-state index contributed by atoms with van der Waals surface area (Å²) < 4.78 is 0. The monoisotopic (exact) mass is 415 g/mol. The van der Waals surface area contributed by atoms with E-state index in [2.05, 4.69) is 20.3 Å². The first-order valence-electron chi connectivity index (χ1n) is 9.35. The number of aromatic nitrogens is 3. The molecule has 0 aliphatic carbocycles. The van der Waals surface area contributed by atoms with E-state index in [4.69, 9.17) is 0 Å². The fourth-order valence-corrected chi connectivity index (χ4v) is 4.25. The van der Waals surface area contributed by atoms with Crippen molar-refractivity contribution in [2.45, 2.75) is 45.7 Å². The van der Waals surface area contributed by atoms with E-state index in [0.717, 1.165) is 0 Å². The lowest BCUT2D eigenvalue weighted by molar-refractivity contribution is -0.138. The van der Waals surface area contributed by atoms with Crippen molar-refractivity contribution in [1.29, 1.82) is 0 Å². The first kappa shape index (κ1) is 21.0. The minimum absolute atomic E-state index is 0.0959. The van der Waals surface area contributed by atoms with Gasteiger partial charge in [0.05, 0.1) is 12.3 Å². The van der Waals surface area contributed by atoms with Gasteiger partial charge in [0, 0.05) is 40.5 Å². The Labute approximate surface area is 173 Å². The molecule has 29 heavy (non-hydrogen) atoms. The molecule has 3 rings (SSSR count). The second kappa shape index (κ2) is 8.36. The van der Waals surface area contributed by atoms with Gasteiger partial charge < -0.3 is 15.2 Å². The van der Waals surface area contributed by atoms with Crippen molar-refractivity contribution in [3.63, 3.8) is 0 Å². The summed E-state index contributed by atoms with van der Waals surface area (Å²) in [4.78, 5) is 50.8. The molecule has 8 nitrogen and oxygen atoms in total. The van der Waals surface area contributed by atoms with Crippen LogP contribution in [0.4, 0.5) is 0 Å². The molecule has 1 saturated heterocycles. The highest BCUT2D eigenvalue weighted by atomic mass is 32.2. The Hall–Kier alpha value is -2.68. The molecule has 2 aromatic rings. The van der Waals surface area contributed by atoms with Gasteiger partial charge in [-0.15, -0.1) is 11.8 Å². The maximum atomic E-state index is 12.9. The number of nitrogens with one attached hydrogen (secondary N) is 2. The van der Waals surface area contributed by atoms with Crippen LogP contribution < -0.4 is 10.9 Å². The number of rotatable bonds is 4. The fourth-order valence-electron chi connectivity index (χ4n) is 3.07. The van der Waals surface area contributed by atoms with E-state index in [1.54, 1.807) is 36.4 Å². The summed E-state index contributed by atoms with van der Waals surface area (Å²) in [5.41, 5.74) is 0.768. The third-order valence-corrected chi connectivity index (χ3v) is 5.50. The molecule has 2 aromatic heterocycles. The van der Waals surface area contributed by atoms with Crippen molar-refractivity contribution in [2.24, 2.45) is 0 Å². The van der Waals surface area contributed by atoms with Gasteiger partial charge in [0.2, 0.25) is 11.8 Å². The number of amides is 2. The number of pyridine rings is 1. The van der Waals surface area contributed by atoms with E-state index in [9.17, 15) is 14.4 Å². The van der Waals surface area contributed by atoms with Gasteiger partial charge >= 0.3 is 0 Å². The minimum atomic E-state index is -0.534. The summed E-state index contributed by atoms with van der Waals surface area (Å²) >= 11 is 1.53. The maximum Gasteiger partial charge on any atom is 0.255 e. The predicted molar refractivity (Wildman–Crippen MR) is 112 cm³/mol. The Balaban J connectivity index is 1.78. The normalized spacial score (nSPS) is 16.7. The van der Waals surface area contributed by atoms with Crippen LogP contribution in [0.15, 0.2) is 29.3 Å². The van der Waals surface area contributed by atoms with Gasteiger partial charge in [-0.1, -0.05) is 0 Å². The van der Waals surface area contributed by atoms with Crippen LogP contribution in [0.3, 0.4) is 0 Å². The largest absolute Gasteiger partial charge is 0.350 e. The lowest BCUT2D eigenvalue weighted by Gasteiger charge is -2.27. The van der Waals surface area contributed by atoms with Crippen LogP contribution in [0.2, 0.25) is 0 Å². The third-order valence-electron chi connectivity index (χ3n) is 4.49. The van der Waals surface area contributed by atoms with Crippen molar-refractivity contribution >= 4 is 23.6 Å². The van der Waals surface area contributed by atoms with Crippen LogP contribution >= 0.6 is 11.8 Å². The van der Waals surface area contributed by atoms with Gasteiger partial charge in [-0.25, -0.2) is 4.98 Å². The van der Waals surface area contributed by atoms with E-state index < -0.39 is 6.04 Å². The van der Waals surface area contributed by atoms with Gasteiger partial charge in [0.25, 0.3) is 5.56 Å². The van der Waals surface area contributed by atoms with Gasteiger partial charge in [-0.2, -0.15) is 0 Å². The zero-order chi connectivity index (χ0) is 21.2. The summed E-state index contributed by atoms with van der Waals surface area (Å²) in [6.45, 7) is 7.41. The summed E-state index contributed by atoms with van der Waals surface area (Å²) in [5.74, 6) is 0.955. The smallest absolute Gasteiger partial charge is 0.255 e. The quantitative estimate of drug-likeness (QED) is 0.783. The third kappa shape index (κ3) is 5.03. The van der Waals surface area contributed by atoms with E-state index in [0.29, 0.717) is 34.3 Å². The zero-order valence-electron chi connectivity index (χ0n) is 17.0. The summed E-state index contributed by atoms with van der Waals surface area (Å²) in [7, 11) is 0. The lowest BCUT2D eigenvalue weighted by Crippen LogP contribution is -2.52. The minimum Gasteiger partial charge on any atom is -0.350 e. The van der Waals surface area contributed by atoms with Gasteiger partial charge in [0.15, 0.2) is 0 Å². The number of H-pyrrole nitrogens is 1. The molecule has 1 aliphatic heterocycles. The highest BCUT2D eigenvalue weighted by molar-refractivity contribution is 7.99. The molecule has 2 N–H and O–H groups in total. The summed E-state index contributed by atoms with van der Waals surface area (Å²) in [6, 6.07) is 3.03. The molecule has 2 amide bonds. The topological polar surface area (TPSA) is 108 Å². The van der Waals surface area contributed by atoms with Crippen LogP contribution in [0.5, 0.6) is 0 Å². The van der Waals surface area contributed by atoms with E-state index in [-0.39, 0.29) is 29.3 Å². The summed E-state index contributed by atoms with van der Waals surface area (Å²) in [6.07, 6.45) is 3.16. The van der Waals surface area contributed by atoms with Crippen LogP contribution in [-0.4, -0.2) is 54.9 Å². The van der Waals surface area contributed by atoms with Gasteiger partial charge in [-0.3, -0.25) is 19.4 Å². The van der Waals surface area contributed by atoms with Crippen molar-refractivity contribution in [3.05, 3.63) is 46.1 Å². The predicted octanol–water partition coefficient (Wildman–Crippen LogP) is 1.50. The fraction of sp³-hybridized carbons (Fsp3) is 0.450. The Morgan fingerprint density at radius 1 is 1.38 bits per heavy atom. The maximum absolute atomic E-state index is 12.9. The van der Waals surface area contributed by atoms with E-state index in [1.165, 1.54) is 11.8 Å². The Morgan fingerprint density at radius 3 is 2.76 bits per heavy atom. The molecule has 1 fully saturated rings. The molecule has 1 atom stereocenters. The highest BCUT2D eigenvalue weighted by Crippen LogP contribution is 2.23. The molecule has 1 aliphatic rings. The number of aryl methyl sites for hydroxylation is 1. The molecular weight excluding hydrogens is 390 g/mol. The number of carbonyl (C=O) groups is 2. The Bertz CT molecular complexity index is 968. The van der Waals surface area contributed by atoms with E-state index >= 15 is 0 Å². The zero-order valence-corrected chi connectivity index (χ0v) is 17.8. The SMILES string of the molecule is Cc1nc(-c2cccnc2)[nH]c(=O)c1CC(=O)N1CSCC1C(=O)NC(C)(C)C. The molecule has 0 saturated carbocycles. The Kier molecular flexibility index (Phi) is 6.07. The molecule has 0 bridgehead atoms. The number of aromatic amines is 1. The lowest BCUT2D eigenvalue weighted by atomic mass is 10.1. The standard InChI is InChI=1S/C20H25N5O3S/c1-12-14(18(27)23-17(22-12)13-6-5-7-21-9-13)8-16(26)25-11-29-10-15(25)19(28)24-20(2,3)4/h5-7,9,15H,8,10-11H2,1-4H3,(H,24,28)(H,22,23,27). The molecular formula is C20H25N5O3S. The number of carbonyl (C=O) groups excluding carboxylic acids is 2. The first-order valence-corrected chi connectivity index (χ1v) is 10.5. The second-order valence-corrected chi connectivity index (χ2v) is 9.02. The average molecular weight is 416 g/mol. The average Bonchev–Trinajstić information content (AvgIpc) is 3.14. The number of nitrogens with zero attached hydrogens (tertiary/aromatic N) is 3. The molecule has 1 unspecified atom stereocenters. The van der Waals surface area contributed by atoms with E-state index in [1.807, 2.05) is 20.8 Å². The number of hydrogen-bond donors (Lipinski definition) is 2. The molecule has 0 radical (unpaired) electrons.